The van der Waals surface area contributed by atoms with Gasteiger partial charge in [0, 0.05) is 11.4 Å². The van der Waals surface area contributed by atoms with Crippen LogP contribution in [0.25, 0.3) is 0 Å². The van der Waals surface area contributed by atoms with E-state index in [-0.39, 0.29) is 25.3 Å². The number of carbonyl (C=O) groups excluding carboxylic acids is 1. The van der Waals surface area contributed by atoms with Gasteiger partial charge < -0.3 is 14.4 Å². The Kier molecular flexibility index (Phi) is 4.95. The van der Waals surface area contributed by atoms with Crippen molar-refractivity contribution in [3.63, 3.8) is 0 Å². The number of nitrogens with zero attached hydrogens (tertiary/aromatic N) is 1. The standard InChI is InChI=1S/C14H15NO4S/c16-13(9-12-4-2-8-20-12)15(6-5-14(17)18)10-11-3-1-7-19-11/h1-4,7-8H,5-6,9-10H2,(H,17,18). The zero-order valence-corrected chi connectivity index (χ0v) is 11.6. The summed E-state index contributed by atoms with van der Waals surface area (Å²) in [6.45, 7) is 0.477. The monoisotopic (exact) mass is 293 g/mol. The van der Waals surface area contributed by atoms with Crippen LogP contribution >= 0.6 is 11.3 Å². The van der Waals surface area contributed by atoms with Crippen LogP contribution in [0.5, 0.6) is 0 Å². The highest BCUT2D eigenvalue weighted by Gasteiger charge is 2.17. The van der Waals surface area contributed by atoms with Crippen LogP contribution in [0, 0.1) is 0 Å². The van der Waals surface area contributed by atoms with E-state index in [9.17, 15) is 9.59 Å². The number of rotatable bonds is 7. The predicted octanol–water partition coefficient (Wildman–Crippen LogP) is 2.39. The van der Waals surface area contributed by atoms with Gasteiger partial charge >= 0.3 is 5.97 Å². The molecule has 6 heteroatoms. The topological polar surface area (TPSA) is 70.8 Å². The van der Waals surface area contributed by atoms with Crippen LogP contribution in [0.4, 0.5) is 0 Å². The Morgan fingerprint density at radius 2 is 2.15 bits per heavy atom. The SMILES string of the molecule is O=C(O)CCN(Cc1ccco1)C(=O)Cc1cccs1. The predicted molar refractivity (Wildman–Crippen MR) is 74.4 cm³/mol. The quantitative estimate of drug-likeness (QED) is 0.851. The summed E-state index contributed by atoms with van der Waals surface area (Å²) in [5, 5.41) is 10.7. The number of hydrogen-bond donors (Lipinski definition) is 1. The van der Waals surface area contributed by atoms with Crippen molar-refractivity contribution in [2.75, 3.05) is 6.54 Å². The van der Waals surface area contributed by atoms with E-state index >= 15 is 0 Å². The summed E-state index contributed by atoms with van der Waals surface area (Å²) in [5.74, 6) is -0.363. The van der Waals surface area contributed by atoms with E-state index < -0.39 is 5.97 Å². The number of thiophene rings is 1. The summed E-state index contributed by atoms with van der Waals surface area (Å²) in [4.78, 5) is 25.4. The second-order valence-corrected chi connectivity index (χ2v) is 5.33. The average Bonchev–Trinajstić information content (AvgIpc) is 3.06. The van der Waals surface area contributed by atoms with Gasteiger partial charge in [-0.25, -0.2) is 0 Å². The molecule has 0 bridgehead atoms. The lowest BCUT2D eigenvalue weighted by atomic mass is 10.2. The third-order valence-corrected chi connectivity index (χ3v) is 3.66. The summed E-state index contributed by atoms with van der Waals surface area (Å²) in [7, 11) is 0. The minimum atomic E-state index is -0.918. The zero-order chi connectivity index (χ0) is 14.4. The average molecular weight is 293 g/mol. The van der Waals surface area contributed by atoms with E-state index in [1.807, 2.05) is 17.5 Å². The molecule has 20 heavy (non-hydrogen) atoms. The van der Waals surface area contributed by atoms with Gasteiger partial charge in [-0.2, -0.15) is 0 Å². The fourth-order valence-corrected chi connectivity index (χ4v) is 2.48. The first-order valence-corrected chi connectivity index (χ1v) is 7.07. The molecule has 0 aliphatic carbocycles. The van der Waals surface area contributed by atoms with Crippen LogP contribution in [0.1, 0.15) is 17.1 Å². The molecule has 2 aromatic rings. The molecule has 2 aromatic heterocycles. The molecule has 0 aliphatic heterocycles. The smallest absolute Gasteiger partial charge is 0.305 e. The van der Waals surface area contributed by atoms with Gasteiger partial charge in [0.25, 0.3) is 0 Å². The number of amides is 1. The molecule has 106 valence electrons. The third-order valence-electron chi connectivity index (χ3n) is 2.78. The van der Waals surface area contributed by atoms with Crippen molar-refractivity contribution in [2.24, 2.45) is 0 Å². The molecule has 0 fully saturated rings. The van der Waals surface area contributed by atoms with Gasteiger partial charge in [0.1, 0.15) is 5.76 Å². The van der Waals surface area contributed by atoms with Crippen molar-refractivity contribution in [1.29, 1.82) is 0 Å². The van der Waals surface area contributed by atoms with E-state index in [4.69, 9.17) is 9.52 Å². The van der Waals surface area contributed by atoms with Crippen LogP contribution in [-0.4, -0.2) is 28.4 Å². The van der Waals surface area contributed by atoms with E-state index in [1.54, 1.807) is 12.1 Å². The Morgan fingerprint density at radius 3 is 2.75 bits per heavy atom. The van der Waals surface area contributed by atoms with Gasteiger partial charge in [-0.3, -0.25) is 9.59 Å². The molecule has 0 aromatic carbocycles. The lowest BCUT2D eigenvalue weighted by Crippen LogP contribution is -2.33. The molecule has 0 saturated heterocycles. The second-order valence-electron chi connectivity index (χ2n) is 4.29. The Morgan fingerprint density at radius 1 is 1.30 bits per heavy atom. The Hall–Kier alpha value is -2.08. The lowest BCUT2D eigenvalue weighted by molar-refractivity contribution is -0.138. The molecule has 1 amide bonds. The molecule has 0 aliphatic rings. The molecule has 2 heterocycles. The van der Waals surface area contributed by atoms with E-state index in [0.29, 0.717) is 12.3 Å². The number of aliphatic carboxylic acids is 1. The summed E-state index contributed by atoms with van der Waals surface area (Å²) in [6, 6.07) is 7.30. The van der Waals surface area contributed by atoms with Crippen molar-refractivity contribution in [3.8, 4) is 0 Å². The van der Waals surface area contributed by atoms with Gasteiger partial charge in [-0.1, -0.05) is 6.07 Å². The second kappa shape index (κ2) is 6.91. The fraction of sp³-hybridized carbons (Fsp3) is 0.286. The van der Waals surface area contributed by atoms with Crippen LogP contribution in [0.15, 0.2) is 40.3 Å². The van der Waals surface area contributed by atoms with Gasteiger partial charge in [-0.15, -0.1) is 11.3 Å². The Bertz CT molecular complexity index is 548. The van der Waals surface area contributed by atoms with Crippen LogP contribution < -0.4 is 0 Å². The molecule has 5 nitrogen and oxygen atoms in total. The van der Waals surface area contributed by atoms with Gasteiger partial charge in [0.15, 0.2) is 0 Å². The van der Waals surface area contributed by atoms with Crippen LogP contribution in [-0.2, 0) is 22.6 Å². The third kappa shape index (κ3) is 4.24. The lowest BCUT2D eigenvalue weighted by Gasteiger charge is -2.20. The van der Waals surface area contributed by atoms with Crippen molar-refractivity contribution < 1.29 is 19.1 Å². The van der Waals surface area contributed by atoms with E-state index in [0.717, 1.165) is 4.88 Å². The van der Waals surface area contributed by atoms with E-state index in [1.165, 1.54) is 22.5 Å². The number of carbonyl (C=O) groups is 2. The van der Waals surface area contributed by atoms with Gasteiger partial charge in [0.2, 0.25) is 5.91 Å². The molecule has 2 rings (SSSR count). The molecular weight excluding hydrogens is 278 g/mol. The Balaban J connectivity index is 2.00. The minimum Gasteiger partial charge on any atom is -0.481 e. The number of furan rings is 1. The number of carboxylic acids is 1. The molecule has 1 N–H and O–H groups in total. The first-order chi connectivity index (χ1) is 9.65. The number of hydrogen-bond acceptors (Lipinski definition) is 4. The van der Waals surface area contributed by atoms with Crippen LogP contribution in [0.3, 0.4) is 0 Å². The summed E-state index contributed by atoms with van der Waals surface area (Å²) < 4.78 is 5.22. The van der Waals surface area contributed by atoms with Crippen molar-refractivity contribution >= 4 is 23.2 Å². The van der Waals surface area contributed by atoms with Crippen molar-refractivity contribution in [2.45, 2.75) is 19.4 Å². The first-order valence-electron chi connectivity index (χ1n) is 6.19. The van der Waals surface area contributed by atoms with Crippen molar-refractivity contribution in [1.82, 2.24) is 4.90 Å². The molecule has 0 unspecified atom stereocenters. The molecule has 0 atom stereocenters. The van der Waals surface area contributed by atoms with Gasteiger partial charge in [-0.05, 0) is 23.6 Å². The summed E-state index contributed by atoms with van der Waals surface area (Å²) in [6.07, 6.45) is 1.75. The normalized spacial score (nSPS) is 10.4. The van der Waals surface area contributed by atoms with E-state index in [2.05, 4.69) is 0 Å². The van der Waals surface area contributed by atoms with Gasteiger partial charge in [0.05, 0.1) is 25.6 Å². The zero-order valence-electron chi connectivity index (χ0n) is 10.8. The molecule has 0 radical (unpaired) electrons. The maximum Gasteiger partial charge on any atom is 0.305 e. The minimum absolute atomic E-state index is 0.0725. The fourth-order valence-electron chi connectivity index (χ4n) is 1.79. The maximum absolute atomic E-state index is 12.2. The summed E-state index contributed by atoms with van der Waals surface area (Å²) in [5.41, 5.74) is 0. The largest absolute Gasteiger partial charge is 0.481 e. The highest BCUT2D eigenvalue weighted by atomic mass is 32.1. The maximum atomic E-state index is 12.2. The molecule has 0 saturated carbocycles. The first kappa shape index (κ1) is 14.3. The molecule has 0 spiro atoms. The molecular formula is C14H15NO4S. The highest BCUT2D eigenvalue weighted by molar-refractivity contribution is 7.10. The number of carboxylic acid groups (broad SMARTS) is 1. The Labute approximate surface area is 120 Å². The van der Waals surface area contributed by atoms with Crippen molar-refractivity contribution in [3.05, 3.63) is 46.5 Å². The highest BCUT2D eigenvalue weighted by Crippen LogP contribution is 2.13. The summed E-state index contributed by atoms with van der Waals surface area (Å²) >= 11 is 1.51. The van der Waals surface area contributed by atoms with Crippen LogP contribution in [0.2, 0.25) is 0 Å².